The topological polar surface area (TPSA) is 120 Å². The predicted molar refractivity (Wildman–Crippen MR) is 112 cm³/mol. The molecule has 11 heteroatoms. The van der Waals surface area contributed by atoms with Gasteiger partial charge in [-0.2, -0.15) is 4.39 Å². The fourth-order valence-electron chi connectivity index (χ4n) is 2.70. The number of nitrogens with two attached hydrogens (primary N) is 1. The van der Waals surface area contributed by atoms with E-state index in [0.717, 1.165) is 0 Å². The van der Waals surface area contributed by atoms with Gasteiger partial charge in [0, 0.05) is 12.3 Å². The molecule has 0 fully saturated rings. The van der Waals surface area contributed by atoms with Gasteiger partial charge in [-0.15, -0.1) is 0 Å². The molecule has 0 saturated carbocycles. The van der Waals surface area contributed by atoms with Crippen LogP contribution in [0.3, 0.4) is 0 Å². The maximum absolute atomic E-state index is 14.5. The summed E-state index contributed by atoms with van der Waals surface area (Å²) in [6, 6.07) is 2.73. The third-order valence-corrected chi connectivity index (χ3v) is 7.18. The zero-order chi connectivity index (χ0) is 22.4. The summed E-state index contributed by atoms with van der Waals surface area (Å²) in [6.45, 7) is 6.09. The fraction of sp³-hybridized carbons (Fsp3) is 0.368. The molecule has 0 amide bonds. The summed E-state index contributed by atoms with van der Waals surface area (Å²) in [5.41, 5.74) is 6.10. The van der Waals surface area contributed by atoms with E-state index < -0.39 is 26.6 Å². The molecule has 3 N–H and O–H groups in total. The molecule has 3 aromatic heterocycles. The zero-order valence-corrected chi connectivity index (χ0v) is 18.4. The predicted octanol–water partition coefficient (Wildman–Crippen LogP) is 3.10. The van der Waals surface area contributed by atoms with E-state index in [4.69, 9.17) is 22.1 Å². The number of ether oxygens (including phenoxy) is 1. The lowest BCUT2D eigenvalue weighted by atomic mass is 10.2. The van der Waals surface area contributed by atoms with Crippen LogP contribution in [0.5, 0.6) is 5.75 Å². The number of hydrogen-bond acceptors (Lipinski definition) is 7. The van der Waals surface area contributed by atoms with Crippen LogP contribution in [-0.4, -0.2) is 45.4 Å². The maximum atomic E-state index is 14.5. The number of halogens is 2. The van der Waals surface area contributed by atoms with Gasteiger partial charge in [0.1, 0.15) is 28.7 Å². The highest BCUT2D eigenvalue weighted by Crippen LogP contribution is 2.35. The van der Waals surface area contributed by atoms with Crippen molar-refractivity contribution < 1.29 is 22.7 Å². The summed E-state index contributed by atoms with van der Waals surface area (Å²) in [7, 11) is -3.86. The molecule has 1 atom stereocenters. The van der Waals surface area contributed by atoms with Gasteiger partial charge in [-0.1, -0.05) is 11.6 Å². The normalized spacial score (nSPS) is 13.6. The summed E-state index contributed by atoms with van der Waals surface area (Å²) in [5, 5.41) is 9.60. The molecule has 0 aliphatic rings. The minimum Gasteiger partial charge on any atom is -0.489 e. The minimum absolute atomic E-state index is 0.0125. The van der Waals surface area contributed by atoms with Crippen molar-refractivity contribution >= 4 is 32.9 Å². The van der Waals surface area contributed by atoms with Crippen LogP contribution in [0.15, 0.2) is 29.4 Å². The van der Waals surface area contributed by atoms with Crippen LogP contribution in [0.25, 0.3) is 16.9 Å². The van der Waals surface area contributed by atoms with Crippen molar-refractivity contribution in [3.05, 3.63) is 35.5 Å². The number of aromatic nitrogens is 3. The number of aliphatic hydroxyl groups is 1. The van der Waals surface area contributed by atoms with Crippen molar-refractivity contribution in [1.29, 1.82) is 0 Å². The molecule has 30 heavy (non-hydrogen) atoms. The molecule has 3 heterocycles. The van der Waals surface area contributed by atoms with Crippen LogP contribution in [0.1, 0.15) is 27.7 Å². The smallest absolute Gasteiger partial charge is 0.224 e. The molecule has 1 unspecified atom stereocenters. The van der Waals surface area contributed by atoms with Gasteiger partial charge in [0.05, 0.1) is 33.3 Å². The molecule has 0 aliphatic carbocycles. The number of fused-ring (bicyclic) bond motifs is 1. The van der Waals surface area contributed by atoms with Gasteiger partial charge in [-0.05, 0) is 33.8 Å². The summed E-state index contributed by atoms with van der Waals surface area (Å²) < 4.78 is 46.7. The third-order valence-electron chi connectivity index (χ3n) is 4.38. The fourth-order valence-corrected chi connectivity index (χ4v) is 4.14. The molecule has 162 valence electrons. The van der Waals surface area contributed by atoms with Crippen molar-refractivity contribution in [2.45, 2.75) is 43.4 Å². The quantitative estimate of drug-likeness (QED) is 0.566. The molecule has 3 rings (SSSR count). The Bertz CT molecular complexity index is 1220. The largest absolute Gasteiger partial charge is 0.489 e. The first-order valence-electron chi connectivity index (χ1n) is 9.01. The van der Waals surface area contributed by atoms with E-state index in [0.29, 0.717) is 5.65 Å². The Hall–Kier alpha value is -2.43. The van der Waals surface area contributed by atoms with Gasteiger partial charge in [0.2, 0.25) is 5.95 Å². The van der Waals surface area contributed by atoms with Gasteiger partial charge in [-0.3, -0.25) is 4.40 Å². The summed E-state index contributed by atoms with van der Waals surface area (Å²) in [5.74, 6) is -0.977. The molecule has 0 aliphatic heterocycles. The van der Waals surface area contributed by atoms with Gasteiger partial charge >= 0.3 is 0 Å². The summed E-state index contributed by atoms with van der Waals surface area (Å²) >= 11 is 5.99. The first kappa shape index (κ1) is 22.3. The van der Waals surface area contributed by atoms with E-state index in [-0.39, 0.29) is 39.3 Å². The summed E-state index contributed by atoms with van der Waals surface area (Å²) in [4.78, 5) is 7.68. The second-order valence-electron chi connectivity index (χ2n) is 7.84. The highest BCUT2D eigenvalue weighted by Gasteiger charge is 2.34. The van der Waals surface area contributed by atoms with Crippen LogP contribution in [0.2, 0.25) is 5.02 Å². The number of nitrogen functional groups attached to an aromatic ring is 1. The second kappa shape index (κ2) is 7.68. The maximum Gasteiger partial charge on any atom is 0.224 e. The van der Waals surface area contributed by atoms with Gasteiger partial charge in [0.15, 0.2) is 9.84 Å². The average molecular weight is 457 g/mol. The molecule has 0 aromatic carbocycles. The number of aliphatic hydroxyl groups excluding tert-OH is 1. The SMILES string of the molecule is CC(O)COc1cc2ncc(-c3cc(Cl)c(N)nc3F)n2cc1S(=O)(=O)C(C)(C)C. The van der Waals surface area contributed by atoms with Gasteiger partial charge in [-0.25, -0.2) is 18.4 Å². The Morgan fingerprint density at radius 1 is 1.37 bits per heavy atom. The first-order chi connectivity index (χ1) is 13.8. The number of pyridine rings is 2. The lowest BCUT2D eigenvalue weighted by Gasteiger charge is -2.22. The Morgan fingerprint density at radius 2 is 2.03 bits per heavy atom. The first-order valence-corrected chi connectivity index (χ1v) is 10.9. The van der Waals surface area contributed by atoms with Crippen LogP contribution in [0, 0.1) is 5.95 Å². The van der Waals surface area contributed by atoms with Gasteiger partial charge in [0.25, 0.3) is 0 Å². The lowest BCUT2D eigenvalue weighted by molar-refractivity contribution is 0.121. The molecule has 8 nitrogen and oxygen atoms in total. The number of sulfone groups is 1. The van der Waals surface area contributed by atoms with Crippen molar-refractivity contribution in [2.75, 3.05) is 12.3 Å². The molecule has 0 radical (unpaired) electrons. The van der Waals surface area contributed by atoms with Crippen LogP contribution in [0.4, 0.5) is 10.2 Å². The Morgan fingerprint density at radius 3 is 2.63 bits per heavy atom. The van der Waals surface area contributed by atoms with E-state index in [1.54, 1.807) is 20.8 Å². The van der Waals surface area contributed by atoms with Crippen molar-refractivity contribution in [2.24, 2.45) is 0 Å². The molecule has 0 saturated heterocycles. The zero-order valence-electron chi connectivity index (χ0n) is 16.8. The van der Waals surface area contributed by atoms with E-state index >= 15 is 0 Å². The number of imidazole rings is 1. The van der Waals surface area contributed by atoms with Crippen LogP contribution >= 0.6 is 11.6 Å². The molecule has 3 aromatic rings. The number of anilines is 1. The highest BCUT2D eigenvalue weighted by atomic mass is 35.5. The Labute approximate surface area is 178 Å². The van der Waals surface area contributed by atoms with E-state index in [2.05, 4.69) is 9.97 Å². The van der Waals surface area contributed by atoms with Gasteiger partial charge < -0.3 is 15.6 Å². The van der Waals surface area contributed by atoms with E-state index in [9.17, 15) is 17.9 Å². The van der Waals surface area contributed by atoms with Crippen LogP contribution < -0.4 is 10.5 Å². The van der Waals surface area contributed by atoms with E-state index in [1.807, 2.05) is 0 Å². The Kier molecular flexibility index (Phi) is 5.70. The number of rotatable bonds is 5. The minimum atomic E-state index is -3.86. The van der Waals surface area contributed by atoms with Crippen molar-refractivity contribution in [3.8, 4) is 17.0 Å². The molecular formula is C19H22ClFN4O4S. The average Bonchev–Trinajstić information content (AvgIpc) is 3.03. The van der Waals surface area contributed by atoms with Crippen molar-refractivity contribution in [3.63, 3.8) is 0 Å². The van der Waals surface area contributed by atoms with Crippen molar-refractivity contribution in [1.82, 2.24) is 14.4 Å². The molecule has 0 bridgehead atoms. The second-order valence-corrected chi connectivity index (χ2v) is 10.9. The standard InChI is InChI=1S/C19H22ClFN4O4S/c1-10(26)9-29-14-6-16-23-7-13(11-5-12(20)18(22)24-17(11)21)25(16)8-15(14)30(27,28)19(2,3)4/h5-8,10,26H,9H2,1-4H3,(H2,22,24). The Balaban J connectivity index is 2.29. The highest BCUT2D eigenvalue weighted by molar-refractivity contribution is 7.92. The number of hydrogen-bond donors (Lipinski definition) is 2. The van der Waals surface area contributed by atoms with Crippen LogP contribution in [-0.2, 0) is 9.84 Å². The monoisotopic (exact) mass is 456 g/mol. The molecular weight excluding hydrogens is 435 g/mol. The number of nitrogens with zero attached hydrogens (tertiary/aromatic N) is 3. The molecule has 0 spiro atoms. The summed E-state index contributed by atoms with van der Waals surface area (Å²) in [6.07, 6.45) is 1.88. The lowest BCUT2D eigenvalue weighted by Crippen LogP contribution is -2.29. The third kappa shape index (κ3) is 3.94. The van der Waals surface area contributed by atoms with E-state index in [1.165, 1.54) is 35.9 Å².